The van der Waals surface area contributed by atoms with E-state index < -0.39 is 5.54 Å². The van der Waals surface area contributed by atoms with Gasteiger partial charge in [-0.1, -0.05) is 13.8 Å². The molecule has 6 nitrogen and oxygen atoms in total. The van der Waals surface area contributed by atoms with Crippen LogP contribution in [0.25, 0.3) is 0 Å². The van der Waals surface area contributed by atoms with Gasteiger partial charge in [0.15, 0.2) is 0 Å². The third-order valence-corrected chi connectivity index (χ3v) is 3.17. The maximum absolute atomic E-state index is 9.46. The van der Waals surface area contributed by atoms with Crippen LogP contribution >= 0.6 is 0 Å². The molecular weight excluding hydrogens is 244 g/mol. The Balaban J connectivity index is 2.92. The van der Waals surface area contributed by atoms with E-state index in [0.717, 1.165) is 18.5 Å². The third-order valence-electron chi connectivity index (χ3n) is 3.17. The van der Waals surface area contributed by atoms with Gasteiger partial charge in [0.25, 0.3) is 0 Å². The molecule has 0 amide bonds. The number of rotatable bonds is 8. The second kappa shape index (κ2) is 7.25. The number of aryl methyl sites for hydroxylation is 1. The van der Waals surface area contributed by atoms with Gasteiger partial charge in [0.05, 0.1) is 18.8 Å². The molecule has 0 aromatic carbocycles. The van der Waals surface area contributed by atoms with Crippen molar-refractivity contribution in [2.24, 2.45) is 0 Å². The highest BCUT2D eigenvalue weighted by Crippen LogP contribution is 2.20. The highest BCUT2D eigenvalue weighted by Gasteiger charge is 2.27. The molecule has 0 aliphatic rings. The van der Waals surface area contributed by atoms with Crippen molar-refractivity contribution >= 4 is 11.8 Å². The van der Waals surface area contributed by atoms with E-state index in [1.165, 1.54) is 0 Å². The van der Waals surface area contributed by atoms with Crippen LogP contribution in [0.3, 0.4) is 0 Å². The van der Waals surface area contributed by atoms with Crippen molar-refractivity contribution in [2.45, 2.75) is 39.2 Å². The molecule has 0 aliphatic carbocycles. The average Bonchev–Trinajstić information content (AvgIpc) is 2.45. The first-order valence-electron chi connectivity index (χ1n) is 6.68. The van der Waals surface area contributed by atoms with Crippen LogP contribution in [0.1, 0.15) is 32.3 Å². The highest BCUT2D eigenvalue weighted by molar-refractivity contribution is 5.48. The minimum Gasteiger partial charge on any atom is -0.394 e. The second-order valence-electron chi connectivity index (χ2n) is 4.73. The lowest BCUT2D eigenvalue weighted by atomic mass is 9.98. The highest BCUT2D eigenvalue weighted by atomic mass is 16.3. The Morgan fingerprint density at radius 2 is 1.95 bits per heavy atom. The van der Waals surface area contributed by atoms with E-state index in [1.807, 2.05) is 13.8 Å². The third kappa shape index (κ3) is 4.04. The fraction of sp³-hybridized carbons (Fsp3) is 0.692. The summed E-state index contributed by atoms with van der Waals surface area (Å²) in [7, 11) is 0. The number of anilines is 2. The predicted molar refractivity (Wildman–Crippen MR) is 76.4 cm³/mol. The van der Waals surface area contributed by atoms with Gasteiger partial charge in [-0.2, -0.15) is 4.98 Å². The number of hydrogen-bond acceptors (Lipinski definition) is 6. The van der Waals surface area contributed by atoms with Gasteiger partial charge < -0.3 is 20.8 Å². The van der Waals surface area contributed by atoms with Crippen LogP contribution in [0.4, 0.5) is 11.8 Å². The summed E-state index contributed by atoms with van der Waals surface area (Å²) in [6.07, 6.45) is 3.32. The lowest BCUT2D eigenvalue weighted by Gasteiger charge is -2.31. The summed E-state index contributed by atoms with van der Waals surface area (Å²) >= 11 is 0. The molecule has 108 valence electrons. The van der Waals surface area contributed by atoms with Gasteiger partial charge >= 0.3 is 0 Å². The Hall–Kier alpha value is -1.40. The molecular formula is C13H24N4O2. The van der Waals surface area contributed by atoms with Crippen LogP contribution < -0.4 is 10.6 Å². The number of hydrogen-bond donors (Lipinski definition) is 4. The number of nitrogens with zero attached hydrogens (tertiary/aromatic N) is 2. The van der Waals surface area contributed by atoms with E-state index in [1.54, 1.807) is 6.20 Å². The molecule has 0 bridgehead atoms. The van der Waals surface area contributed by atoms with Gasteiger partial charge in [-0.25, -0.2) is 4.98 Å². The van der Waals surface area contributed by atoms with Crippen LogP contribution in [0.15, 0.2) is 6.20 Å². The Morgan fingerprint density at radius 3 is 2.47 bits per heavy atom. The molecule has 0 saturated heterocycles. The van der Waals surface area contributed by atoms with Crippen LogP contribution in [0.5, 0.6) is 0 Å². The molecule has 0 fully saturated rings. The van der Waals surface area contributed by atoms with Crippen LogP contribution in [0, 0.1) is 6.92 Å². The summed E-state index contributed by atoms with van der Waals surface area (Å²) in [6.45, 7) is 6.37. The molecule has 1 aromatic rings. The van der Waals surface area contributed by atoms with Gasteiger partial charge in [0.2, 0.25) is 5.95 Å². The first-order valence-corrected chi connectivity index (χ1v) is 6.68. The molecule has 0 radical (unpaired) electrons. The molecule has 1 heterocycles. The van der Waals surface area contributed by atoms with Gasteiger partial charge in [0.1, 0.15) is 5.82 Å². The number of aliphatic hydroxyl groups is 2. The number of nitrogens with one attached hydrogen (secondary N) is 2. The van der Waals surface area contributed by atoms with E-state index in [-0.39, 0.29) is 13.2 Å². The van der Waals surface area contributed by atoms with Crippen molar-refractivity contribution in [1.82, 2.24) is 9.97 Å². The van der Waals surface area contributed by atoms with Crippen LogP contribution in [0.2, 0.25) is 0 Å². The van der Waals surface area contributed by atoms with Crippen molar-refractivity contribution in [3.05, 3.63) is 11.8 Å². The molecule has 4 N–H and O–H groups in total. The van der Waals surface area contributed by atoms with Crippen molar-refractivity contribution in [2.75, 3.05) is 30.4 Å². The van der Waals surface area contributed by atoms with Crippen molar-refractivity contribution in [3.63, 3.8) is 0 Å². The maximum Gasteiger partial charge on any atom is 0.224 e. The Kier molecular flexibility index (Phi) is 5.98. The Morgan fingerprint density at radius 1 is 1.26 bits per heavy atom. The first kappa shape index (κ1) is 15.7. The Labute approximate surface area is 114 Å². The lowest BCUT2D eigenvalue weighted by Crippen LogP contribution is -2.45. The van der Waals surface area contributed by atoms with Crippen molar-refractivity contribution in [1.29, 1.82) is 0 Å². The molecule has 0 saturated carbocycles. The predicted octanol–water partition coefficient (Wildman–Crippen LogP) is 1.15. The molecule has 19 heavy (non-hydrogen) atoms. The molecule has 1 rings (SSSR count). The normalized spacial score (nSPS) is 11.4. The van der Waals surface area contributed by atoms with E-state index in [0.29, 0.717) is 18.2 Å². The molecule has 6 heteroatoms. The topological polar surface area (TPSA) is 90.3 Å². The van der Waals surface area contributed by atoms with E-state index in [2.05, 4.69) is 27.5 Å². The zero-order chi connectivity index (χ0) is 14.3. The minimum atomic E-state index is -0.749. The van der Waals surface area contributed by atoms with Gasteiger partial charge in [0, 0.05) is 18.3 Å². The molecule has 0 aliphatic heterocycles. The van der Waals surface area contributed by atoms with Gasteiger partial charge in [-0.05, 0) is 19.8 Å². The minimum absolute atomic E-state index is 0.152. The fourth-order valence-electron chi connectivity index (χ4n) is 1.58. The maximum atomic E-state index is 9.46. The summed E-state index contributed by atoms with van der Waals surface area (Å²) in [5.74, 6) is 1.19. The quantitative estimate of drug-likeness (QED) is 0.565. The number of aliphatic hydroxyl groups excluding tert-OH is 2. The molecule has 0 atom stereocenters. The van der Waals surface area contributed by atoms with Gasteiger partial charge in [-0.15, -0.1) is 0 Å². The van der Waals surface area contributed by atoms with Crippen molar-refractivity contribution in [3.8, 4) is 0 Å². The van der Waals surface area contributed by atoms with E-state index in [9.17, 15) is 10.2 Å². The SMILES string of the molecule is CCCNc1ncc(C)c(NC(CC)(CO)CO)n1. The first-order chi connectivity index (χ1) is 9.10. The summed E-state index contributed by atoms with van der Waals surface area (Å²) in [4.78, 5) is 8.58. The second-order valence-corrected chi connectivity index (χ2v) is 4.73. The summed E-state index contributed by atoms with van der Waals surface area (Å²) in [5.41, 5.74) is 0.128. The monoisotopic (exact) mass is 268 g/mol. The smallest absolute Gasteiger partial charge is 0.224 e. The van der Waals surface area contributed by atoms with E-state index >= 15 is 0 Å². The average molecular weight is 268 g/mol. The fourth-order valence-corrected chi connectivity index (χ4v) is 1.58. The molecule has 0 spiro atoms. The van der Waals surface area contributed by atoms with Gasteiger partial charge in [-0.3, -0.25) is 0 Å². The zero-order valence-corrected chi connectivity index (χ0v) is 11.9. The summed E-state index contributed by atoms with van der Waals surface area (Å²) < 4.78 is 0. The molecule has 0 unspecified atom stereocenters. The summed E-state index contributed by atoms with van der Waals surface area (Å²) in [5, 5.41) is 25.2. The van der Waals surface area contributed by atoms with Crippen molar-refractivity contribution < 1.29 is 10.2 Å². The van der Waals surface area contributed by atoms with Crippen LogP contribution in [-0.2, 0) is 0 Å². The zero-order valence-electron chi connectivity index (χ0n) is 11.9. The van der Waals surface area contributed by atoms with Crippen LogP contribution in [-0.4, -0.2) is 45.5 Å². The van der Waals surface area contributed by atoms with E-state index in [4.69, 9.17) is 0 Å². The summed E-state index contributed by atoms with van der Waals surface area (Å²) in [6, 6.07) is 0. The molecule has 1 aromatic heterocycles. The largest absolute Gasteiger partial charge is 0.394 e. The standard InChI is InChI=1S/C13H24N4O2/c1-4-6-14-12-15-7-10(3)11(16-12)17-13(5-2,8-18)9-19/h7,18-19H,4-6,8-9H2,1-3H3,(H2,14,15,16,17). The number of aromatic nitrogens is 2. The Bertz CT molecular complexity index is 386. The lowest BCUT2D eigenvalue weighted by molar-refractivity contribution is 0.132.